The van der Waals surface area contributed by atoms with Gasteiger partial charge in [0.2, 0.25) is 0 Å². The fourth-order valence-corrected chi connectivity index (χ4v) is 2.84. The van der Waals surface area contributed by atoms with E-state index in [0.29, 0.717) is 26.2 Å². The minimum absolute atomic E-state index is 0.101. The first kappa shape index (κ1) is 15.2. The summed E-state index contributed by atoms with van der Waals surface area (Å²) in [6.45, 7) is 7.15. The molecule has 1 aromatic rings. The number of anilines is 1. The van der Waals surface area contributed by atoms with Crippen LogP contribution in [0.15, 0.2) is 12.4 Å². The van der Waals surface area contributed by atoms with Gasteiger partial charge in [0.25, 0.3) is 5.91 Å². The van der Waals surface area contributed by atoms with Crippen molar-refractivity contribution in [1.29, 1.82) is 0 Å². The molecule has 120 valence electrons. The molecule has 3 rings (SSSR count). The average Bonchev–Trinajstić information content (AvgIpc) is 2.62. The summed E-state index contributed by atoms with van der Waals surface area (Å²) in [6.07, 6.45) is 2.19. The van der Waals surface area contributed by atoms with Crippen LogP contribution >= 0.6 is 0 Å². The van der Waals surface area contributed by atoms with Crippen LogP contribution in [0.3, 0.4) is 0 Å². The number of piperazine rings is 1. The van der Waals surface area contributed by atoms with Crippen molar-refractivity contribution >= 4 is 11.7 Å². The number of nitrogens with zero attached hydrogens (tertiary/aromatic N) is 4. The Labute approximate surface area is 130 Å². The van der Waals surface area contributed by atoms with Gasteiger partial charge in [-0.15, -0.1) is 0 Å². The second-order valence-corrected chi connectivity index (χ2v) is 5.60. The van der Waals surface area contributed by atoms with Gasteiger partial charge in [0.15, 0.2) is 0 Å². The zero-order chi connectivity index (χ0) is 15.4. The number of ether oxygens (including phenoxy) is 1. The lowest BCUT2D eigenvalue weighted by molar-refractivity contribution is -0.145. The number of nitrogens with one attached hydrogen (secondary N) is 1. The van der Waals surface area contributed by atoms with E-state index < -0.39 is 0 Å². The maximum atomic E-state index is 12.4. The molecule has 0 aliphatic carbocycles. The minimum Gasteiger partial charge on any atom is -0.366 e. The second-order valence-electron chi connectivity index (χ2n) is 5.60. The molecule has 1 N–H and O–H groups in total. The van der Waals surface area contributed by atoms with Crippen LogP contribution in [0.5, 0.6) is 0 Å². The number of rotatable bonds is 3. The Kier molecular flexibility index (Phi) is 4.84. The highest BCUT2D eigenvalue weighted by atomic mass is 16.5. The van der Waals surface area contributed by atoms with Crippen molar-refractivity contribution in [3.8, 4) is 0 Å². The third-order valence-corrected chi connectivity index (χ3v) is 4.19. The van der Waals surface area contributed by atoms with Crippen molar-refractivity contribution in [2.75, 3.05) is 50.8 Å². The normalized spacial score (nSPS) is 22.7. The first-order valence-corrected chi connectivity index (χ1v) is 7.95. The van der Waals surface area contributed by atoms with E-state index in [1.807, 2.05) is 11.0 Å². The van der Waals surface area contributed by atoms with E-state index >= 15 is 0 Å². The molecule has 0 saturated carbocycles. The molecule has 0 spiro atoms. The molecule has 22 heavy (non-hydrogen) atoms. The Hall–Kier alpha value is -1.73. The molecular weight excluding hydrogens is 282 g/mol. The number of aromatic nitrogens is 2. The molecule has 2 aliphatic rings. The molecule has 2 fully saturated rings. The van der Waals surface area contributed by atoms with Crippen LogP contribution in [0.1, 0.15) is 12.6 Å². The van der Waals surface area contributed by atoms with Gasteiger partial charge >= 0.3 is 0 Å². The summed E-state index contributed by atoms with van der Waals surface area (Å²) in [7, 11) is 0. The van der Waals surface area contributed by atoms with Crippen molar-refractivity contribution in [2.24, 2.45) is 0 Å². The maximum Gasteiger partial charge on any atom is 0.253 e. The first-order valence-electron chi connectivity index (χ1n) is 7.95. The average molecular weight is 305 g/mol. The predicted octanol–water partition coefficient (Wildman–Crippen LogP) is -0.324. The van der Waals surface area contributed by atoms with Gasteiger partial charge in [-0.2, -0.15) is 0 Å². The van der Waals surface area contributed by atoms with E-state index in [2.05, 4.69) is 27.1 Å². The zero-order valence-corrected chi connectivity index (χ0v) is 13.0. The highest BCUT2D eigenvalue weighted by molar-refractivity contribution is 5.81. The lowest BCUT2D eigenvalue weighted by Crippen LogP contribution is -2.55. The third-order valence-electron chi connectivity index (χ3n) is 4.19. The van der Waals surface area contributed by atoms with Gasteiger partial charge in [0.1, 0.15) is 18.2 Å². The molecule has 1 amide bonds. The molecule has 0 aromatic carbocycles. The molecule has 3 heterocycles. The monoisotopic (exact) mass is 305 g/mol. The van der Waals surface area contributed by atoms with Gasteiger partial charge in [-0.1, -0.05) is 6.92 Å². The van der Waals surface area contributed by atoms with Crippen LogP contribution in [0.25, 0.3) is 0 Å². The summed E-state index contributed by atoms with van der Waals surface area (Å²) in [5, 5.41) is 3.20. The van der Waals surface area contributed by atoms with Crippen molar-refractivity contribution in [2.45, 2.75) is 19.4 Å². The fourth-order valence-electron chi connectivity index (χ4n) is 2.84. The Morgan fingerprint density at radius 1 is 1.36 bits per heavy atom. The van der Waals surface area contributed by atoms with Crippen LogP contribution in [0.2, 0.25) is 0 Å². The van der Waals surface area contributed by atoms with Crippen molar-refractivity contribution in [1.82, 2.24) is 20.2 Å². The predicted molar refractivity (Wildman–Crippen MR) is 82.8 cm³/mol. The Balaban J connectivity index is 1.56. The van der Waals surface area contributed by atoms with Crippen molar-refractivity contribution < 1.29 is 9.53 Å². The van der Waals surface area contributed by atoms with Gasteiger partial charge in [0, 0.05) is 51.0 Å². The van der Waals surface area contributed by atoms with Gasteiger partial charge in [-0.3, -0.25) is 4.79 Å². The highest BCUT2D eigenvalue weighted by Gasteiger charge is 2.29. The molecule has 1 atom stereocenters. The molecule has 0 radical (unpaired) electrons. The number of amides is 1. The molecule has 2 aliphatic heterocycles. The Bertz CT molecular complexity index is 510. The molecule has 1 unspecified atom stereocenters. The van der Waals surface area contributed by atoms with Gasteiger partial charge in [0.05, 0.1) is 6.61 Å². The van der Waals surface area contributed by atoms with E-state index in [4.69, 9.17) is 4.74 Å². The number of aryl methyl sites for hydroxylation is 1. The number of morpholine rings is 1. The topological polar surface area (TPSA) is 70.6 Å². The highest BCUT2D eigenvalue weighted by Crippen LogP contribution is 2.15. The van der Waals surface area contributed by atoms with Crippen LogP contribution in [0.4, 0.5) is 5.82 Å². The van der Waals surface area contributed by atoms with Gasteiger partial charge in [-0.05, 0) is 6.42 Å². The van der Waals surface area contributed by atoms with E-state index in [1.165, 1.54) is 0 Å². The summed E-state index contributed by atoms with van der Waals surface area (Å²) in [4.78, 5) is 25.1. The smallest absolute Gasteiger partial charge is 0.253 e. The summed E-state index contributed by atoms with van der Waals surface area (Å²) in [6, 6.07) is 2.03. The van der Waals surface area contributed by atoms with Gasteiger partial charge in [-0.25, -0.2) is 9.97 Å². The van der Waals surface area contributed by atoms with Crippen LogP contribution in [-0.2, 0) is 16.0 Å². The van der Waals surface area contributed by atoms with Gasteiger partial charge < -0.3 is 19.9 Å². The summed E-state index contributed by atoms with van der Waals surface area (Å²) in [5.41, 5.74) is 1.05. The number of carbonyl (C=O) groups excluding carboxylic acids is 1. The minimum atomic E-state index is -0.328. The van der Waals surface area contributed by atoms with Crippen LogP contribution < -0.4 is 10.2 Å². The SMILES string of the molecule is CCc1cc(N2CCN(C(=O)C3CNCCO3)CC2)ncn1. The summed E-state index contributed by atoms with van der Waals surface area (Å²) >= 11 is 0. The van der Waals surface area contributed by atoms with E-state index in [-0.39, 0.29) is 12.0 Å². The number of hydrogen-bond acceptors (Lipinski definition) is 6. The van der Waals surface area contributed by atoms with E-state index in [1.54, 1.807) is 6.33 Å². The molecule has 7 nitrogen and oxygen atoms in total. The van der Waals surface area contributed by atoms with Crippen molar-refractivity contribution in [3.05, 3.63) is 18.1 Å². The fraction of sp³-hybridized carbons (Fsp3) is 0.667. The first-order chi connectivity index (χ1) is 10.8. The molecule has 1 aromatic heterocycles. The maximum absolute atomic E-state index is 12.4. The molecular formula is C15H23N5O2. The molecule has 2 saturated heterocycles. The quantitative estimate of drug-likeness (QED) is 0.825. The number of carbonyl (C=O) groups is 1. The lowest BCUT2D eigenvalue weighted by atomic mass is 10.2. The van der Waals surface area contributed by atoms with Crippen LogP contribution in [0, 0.1) is 0 Å². The second kappa shape index (κ2) is 7.02. The van der Waals surface area contributed by atoms with E-state index in [9.17, 15) is 4.79 Å². The lowest BCUT2D eigenvalue weighted by Gasteiger charge is -2.37. The van der Waals surface area contributed by atoms with Crippen LogP contribution in [-0.4, -0.2) is 72.8 Å². The number of hydrogen-bond donors (Lipinski definition) is 1. The standard InChI is InChI=1S/C15H23N5O2/c1-2-12-9-14(18-11-17-12)19-4-6-20(7-5-19)15(21)13-10-16-3-8-22-13/h9,11,13,16H,2-8,10H2,1H3. The Morgan fingerprint density at radius 3 is 2.86 bits per heavy atom. The van der Waals surface area contributed by atoms with Crippen molar-refractivity contribution in [3.63, 3.8) is 0 Å². The summed E-state index contributed by atoms with van der Waals surface area (Å²) in [5.74, 6) is 1.05. The third kappa shape index (κ3) is 3.36. The molecule has 7 heteroatoms. The molecule has 0 bridgehead atoms. The van der Waals surface area contributed by atoms with E-state index in [0.717, 1.165) is 37.6 Å². The largest absolute Gasteiger partial charge is 0.366 e. The zero-order valence-electron chi connectivity index (χ0n) is 13.0. The Morgan fingerprint density at radius 2 is 2.18 bits per heavy atom. The summed E-state index contributed by atoms with van der Waals surface area (Å²) < 4.78 is 5.55.